The number of aromatic nitrogens is 1. The van der Waals surface area contributed by atoms with E-state index in [0.717, 1.165) is 0 Å². The van der Waals surface area contributed by atoms with Crippen molar-refractivity contribution in [1.82, 2.24) is 4.98 Å². The number of hydrogen-bond acceptors (Lipinski definition) is 8. The number of anilines is 1. The lowest BCUT2D eigenvalue weighted by atomic mass is 9.68. The van der Waals surface area contributed by atoms with E-state index in [-0.39, 0.29) is 49.0 Å². The van der Waals surface area contributed by atoms with Gasteiger partial charge in [-0.05, 0) is 113 Å². The van der Waals surface area contributed by atoms with Crippen LogP contribution in [0.4, 0.5) is 32.0 Å². The lowest BCUT2D eigenvalue weighted by Crippen LogP contribution is -2.39. The van der Waals surface area contributed by atoms with Crippen molar-refractivity contribution in [2.75, 3.05) is 32.3 Å². The molecule has 2 heterocycles. The number of aliphatic hydroxyl groups excluding tert-OH is 2. The number of hydrogen-bond donors (Lipinski definition) is 3. The van der Waals surface area contributed by atoms with E-state index in [1.165, 1.54) is 14.2 Å². The molecule has 9 nitrogen and oxygen atoms in total. The molecule has 3 aromatic rings. The van der Waals surface area contributed by atoms with Crippen molar-refractivity contribution in [2.45, 2.75) is 37.7 Å². The Morgan fingerprint density at radius 2 is 1.71 bits per heavy atom. The summed E-state index contributed by atoms with van der Waals surface area (Å²) < 4.78 is 93.2. The van der Waals surface area contributed by atoms with E-state index in [4.69, 9.17) is 9.47 Å². The largest absolute Gasteiger partial charge is 0.504 e. The van der Waals surface area contributed by atoms with Crippen LogP contribution in [-0.4, -0.2) is 65.7 Å². The Kier molecular flexibility index (Phi) is 11.7. The SMILES string of the molecule is COCC1=C([C@H](O)CC/C(=C/c2cc(I)c(O)c(OC)c2)c2ccccn2)[C@H](CO)[C@@H]2C(=O)N(c3cc(C(F)(F)F)cc(C(F)(F)F)c3)C(=O)[C@@H]2C1. The number of halogens is 7. The fraction of sp³-hybridized carbons (Fsp3) is 0.361. The summed E-state index contributed by atoms with van der Waals surface area (Å²) in [6, 6.07) is 9.11. The predicted molar refractivity (Wildman–Crippen MR) is 185 cm³/mol. The third kappa shape index (κ3) is 7.99. The second kappa shape index (κ2) is 15.5. The van der Waals surface area contributed by atoms with Crippen molar-refractivity contribution in [2.24, 2.45) is 17.8 Å². The molecule has 1 aliphatic carbocycles. The number of aromatic hydroxyl groups is 1. The molecule has 0 radical (unpaired) electrons. The van der Waals surface area contributed by atoms with E-state index < -0.39 is 71.4 Å². The van der Waals surface area contributed by atoms with Gasteiger partial charge in [-0.2, -0.15) is 26.3 Å². The van der Waals surface area contributed by atoms with Gasteiger partial charge in [-0.25, -0.2) is 4.90 Å². The van der Waals surface area contributed by atoms with Crippen LogP contribution in [0.25, 0.3) is 11.6 Å². The monoisotopic (exact) mass is 846 g/mol. The molecular formula is C36H33F6IN2O7. The minimum absolute atomic E-state index is 0.0135. The molecule has 5 rings (SSSR count). The number of methoxy groups -OCH3 is 2. The first-order chi connectivity index (χ1) is 24.5. The van der Waals surface area contributed by atoms with Gasteiger partial charge in [0.25, 0.3) is 0 Å². The Bertz CT molecular complexity index is 1870. The average molecular weight is 847 g/mol. The highest BCUT2D eigenvalue weighted by Gasteiger charge is 2.56. The van der Waals surface area contributed by atoms with Gasteiger partial charge in [0.1, 0.15) is 0 Å². The number of alkyl halides is 6. The molecule has 0 bridgehead atoms. The summed E-state index contributed by atoms with van der Waals surface area (Å²) >= 11 is 1.96. The van der Waals surface area contributed by atoms with Gasteiger partial charge >= 0.3 is 12.4 Å². The molecule has 0 unspecified atom stereocenters. The van der Waals surface area contributed by atoms with E-state index in [2.05, 4.69) is 4.98 Å². The van der Waals surface area contributed by atoms with E-state index >= 15 is 0 Å². The fourth-order valence-corrected chi connectivity index (χ4v) is 7.52. The van der Waals surface area contributed by atoms with Crippen molar-refractivity contribution in [3.05, 3.63) is 91.8 Å². The van der Waals surface area contributed by atoms with Crippen molar-refractivity contribution in [3.8, 4) is 11.5 Å². The highest BCUT2D eigenvalue weighted by atomic mass is 127. The van der Waals surface area contributed by atoms with Crippen molar-refractivity contribution in [1.29, 1.82) is 0 Å². The molecule has 3 N–H and O–H groups in total. The zero-order valence-electron chi connectivity index (χ0n) is 27.6. The number of allylic oxidation sites excluding steroid dienone is 1. The number of benzene rings is 2. The van der Waals surface area contributed by atoms with Gasteiger partial charge in [-0.1, -0.05) is 6.07 Å². The third-order valence-electron chi connectivity index (χ3n) is 9.18. The van der Waals surface area contributed by atoms with Crippen LogP contribution in [-0.2, 0) is 26.7 Å². The Balaban J connectivity index is 1.50. The number of carbonyl (C=O) groups excluding carboxylic acids is 2. The summed E-state index contributed by atoms with van der Waals surface area (Å²) in [7, 11) is 2.76. The number of ether oxygens (including phenoxy) is 2. The van der Waals surface area contributed by atoms with Gasteiger partial charge in [0.2, 0.25) is 11.8 Å². The number of rotatable bonds is 11. The molecule has 0 saturated carbocycles. The first kappa shape index (κ1) is 39.2. The molecule has 52 heavy (non-hydrogen) atoms. The van der Waals surface area contributed by atoms with Crippen LogP contribution in [0.1, 0.15) is 41.6 Å². The van der Waals surface area contributed by atoms with Crippen LogP contribution in [0.3, 0.4) is 0 Å². The molecular weight excluding hydrogens is 813 g/mol. The zero-order valence-corrected chi connectivity index (χ0v) is 29.8. The van der Waals surface area contributed by atoms with E-state index in [9.17, 15) is 51.3 Å². The maximum Gasteiger partial charge on any atom is 0.416 e. The number of fused-ring (bicyclic) bond motifs is 1. The predicted octanol–water partition coefficient (Wildman–Crippen LogP) is 6.88. The third-order valence-corrected chi connectivity index (χ3v) is 10.0. The lowest BCUT2D eigenvalue weighted by Gasteiger charge is -2.36. The highest BCUT2D eigenvalue weighted by molar-refractivity contribution is 14.1. The second-order valence-electron chi connectivity index (χ2n) is 12.4. The number of phenolic OH excluding ortho intramolecular Hbond substituents is 1. The molecule has 16 heteroatoms. The molecule has 1 saturated heterocycles. The van der Waals surface area contributed by atoms with Crippen LogP contribution in [0.2, 0.25) is 0 Å². The standard InChI is InChI=1S/C36H33F6IN2O7/c1-51-17-20-12-24-31(34(50)45(33(24)49)23-14-21(35(37,38)39)13-22(15-23)36(40,41)42)25(16-46)30(20)28(47)7-6-19(27-5-3-4-8-44-27)9-18-10-26(43)32(48)29(11-18)52-2/h3-5,8-11,13-15,24-25,28,31,46-48H,6-7,12,16-17H2,1-2H3/b19-9-/t24-,25+,28-,31-/m1/s1. The van der Waals surface area contributed by atoms with Crippen LogP contribution < -0.4 is 9.64 Å². The van der Waals surface area contributed by atoms with E-state index in [1.807, 2.05) is 22.6 Å². The van der Waals surface area contributed by atoms with Crippen molar-refractivity contribution < 1.29 is 60.7 Å². The smallest absolute Gasteiger partial charge is 0.416 e. The maximum absolute atomic E-state index is 13.9. The highest BCUT2D eigenvalue weighted by Crippen LogP contribution is 2.49. The van der Waals surface area contributed by atoms with Crippen molar-refractivity contribution >= 4 is 51.7 Å². The van der Waals surface area contributed by atoms with Crippen LogP contribution in [0.5, 0.6) is 11.5 Å². The molecule has 1 aliphatic heterocycles. The van der Waals surface area contributed by atoms with Gasteiger partial charge in [0.05, 0.1) is 64.3 Å². The summed E-state index contributed by atoms with van der Waals surface area (Å²) in [5, 5.41) is 32.7. The van der Waals surface area contributed by atoms with Gasteiger partial charge in [0, 0.05) is 19.2 Å². The van der Waals surface area contributed by atoms with Gasteiger partial charge in [-0.3, -0.25) is 14.6 Å². The molecule has 4 atom stereocenters. The Labute approximate surface area is 307 Å². The minimum atomic E-state index is -5.22. The molecule has 2 aliphatic rings. The first-order valence-corrected chi connectivity index (χ1v) is 16.9. The second-order valence-corrected chi connectivity index (χ2v) is 13.5. The molecule has 2 aromatic carbocycles. The zero-order chi connectivity index (χ0) is 38.1. The maximum atomic E-state index is 13.9. The van der Waals surface area contributed by atoms with Gasteiger partial charge in [0.15, 0.2) is 11.5 Å². The number of aliphatic hydroxyl groups is 2. The molecule has 1 fully saturated rings. The Morgan fingerprint density at radius 3 is 2.27 bits per heavy atom. The Morgan fingerprint density at radius 1 is 1.04 bits per heavy atom. The molecule has 278 valence electrons. The summed E-state index contributed by atoms with van der Waals surface area (Å²) in [5.41, 5.74) is -1.83. The minimum Gasteiger partial charge on any atom is -0.504 e. The molecule has 2 amide bonds. The fourth-order valence-electron chi connectivity index (χ4n) is 6.90. The van der Waals surface area contributed by atoms with E-state index in [1.54, 1.807) is 42.6 Å². The lowest BCUT2D eigenvalue weighted by molar-refractivity contribution is -0.143. The number of imide groups is 1. The quantitative estimate of drug-likeness (QED) is 0.0826. The van der Waals surface area contributed by atoms with Crippen LogP contribution in [0, 0.1) is 21.3 Å². The van der Waals surface area contributed by atoms with Crippen molar-refractivity contribution in [3.63, 3.8) is 0 Å². The summed E-state index contributed by atoms with van der Waals surface area (Å²) in [5.74, 6) is -5.76. The number of nitrogens with zero attached hydrogens (tertiary/aromatic N) is 2. The average Bonchev–Trinajstić information content (AvgIpc) is 3.35. The Hall–Kier alpha value is -4.00. The number of carbonyl (C=O) groups is 2. The topological polar surface area (TPSA) is 129 Å². The van der Waals surface area contributed by atoms with Gasteiger partial charge in [-0.15, -0.1) is 0 Å². The molecule has 0 spiro atoms. The first-order valence-electron chi connectivity index (χ1n) is 15.9. The summed E-state index contributed by atoms with van der Waals surface area (Å²) in [6.45, 7) is -0.900. The van der Waals surface area contributed by atoms with Gasteiger partial charge < -0.3 is 24.8 Å². The summed E-state index contributed by atoms with van der Waals surface area (Å²) in [4.78, 5) is 32.3. The number of pyridine rings is 1. The van der Waals surface area contributed by atoms with Crippen LogP contribution in [0.15, 0.2) is 65.9 Å². The van der Waals surface area contributed by atoms with Crippen LogP contribution >= 0.6 is 22.6 Å². The van der Waals surface area contributed by atoms with E-state index in [0.29, 0.717) is 43.0 Å². The molecule has 1 aromatic heterocycles. The number of amides is 2. The summed E-state index contributed by atoms with van der Waals surface area (Å²) in [6.07, 6.45) is -8.37. The normalized spacial score (nSPS) is 20.4. The number of phenols is 1.